The average Bonchev–Trinajstić information content (AvgIpc) is 3.10. The molecule has 0 aromatic heterocycles. The summed E-state index contributed by atoms with van der Waals surface area (Å²) < 4.78 is 34.7. The van der Waals surface area contributed by atoms with E-state index in [1.165, 1.54) is 26.0 Å². The second-order valence-corrected chi connectivity index (χ2v) is 9.75. The van der Waals surface area contributed by atoms with Gasteiger partial charge in [-0.1, -0.05) is 11.8 Å². The van der Waals surface area contributed by atoms with Crippen molar-refractivity contribution in [2.45, 2.75) is 24.1 Å². The summed E-state index contributed by atoms with van der Waals surface area (Å²) in [6.45, 7) is 0. The molecule has 0 radical (unpaired) electrons. The number of benzene rings is 1. The summed E-state index contributed by atoms with van der Waals surface area (Å²) >= 11 is 1.23. The third-order valence-corrected chi connectivity index (χ3v) is 7.69. The number of hydrogen-bond acceptors (Lipinski definition) is 7. The van der Waals surface area contributed by atoms with Gasteiger partial charge in [-0.15, -0.1) is 0 Å². The van der Waals surface area contributed by atoms with Crippen LogP contribution in [-0.4, -0.2) is 67.6 Å². The van der Waals surface area contributed by atoms with Crippen molar-refractivity contribution in [1.29, 1.82) is 0 Å². The molecule has 152 valence electrons. The van der Waals surface area contributed by atoms with E-state index in [1.54, 1.807) is 23.1 Å². The lowest BCUT2D eigenvalue weighted by atomic mass is 10.2. The molecule has 1 aromatic rings. The quantitative estimate of drug-likeness (QED) is 0.711. The number of carboxylic acid groups (broad SMARTS) is 1. The minimum Gasteiger partial charge on any atom is -0.493 e. The predicted octanol–water partition coefficient (Wildman–Crippen LogP) is 1.17. The molecule has 2 fully saturated rings. The van der Waals surface area contributed by atoms with Gasteiger partial charge in [0.1, 0.15) is 0 Å². The largest absolute Gasteiger partial charge is 0.493 e. The highest BCUT2D eigenvalue weighted by atomic mass is 32.2. The molecular formula is C17H20N2O7S2. The molecule has 9 nitrogen and oxygen atoms in total. The van der Waals surface area contributed by atoms with Crippen molar-refractivity contribution < 1.29 is 32.6 Å². The van der Waals surface area contributed by atoms with E-state index in [0.717, 1.165) is 0 Å². The highest BCUT2D eigenvalue weighted by molar-refractivity contribution is 8.16. The van der Waals surface area contributed by atoms with Gasteiger partial charge in [-0.25, -0.2) is 8.42 Å². The van der Waals surface area contributed by atoms with Crippen LogP contribution in [-0.2, 0) is 19.4 Å². The number of nitrogens with zero attached hydrogens (tertiary/aromatic N) is 2. The Labute approximate surface area is 166 Å². The monoisotopic (exact) mass is 428 g/mol. The van der Waals surface area contributed by atoms with Crippen LogP contribution in [0.2, 0.25) is 0 Å². The first-order valence-corrected chi connectivity index (χ1v) is 11.2. The fourth-order valence-corrected chi connectivity index (χ4v) is 7.15. The van der Waals surface area contributed by atoms with Crippen molar-refractivity contribution >= 4 is 44.3 Å². The third-order valence-electron chi connectivity index (χ3n) is 4.48. The summed E-state index contributed by atoms with van der Waals surface area (Å²) in [7, 11) is -0.180. The van der Waals surface area contributed by atoms with Crippen molar-refractivity contribution in [3.05, 3.63) is 18.2 Å². The molecule has 1 aromatic carbocycles. The van der Waals surface area contributed by atoms with E-state index >= 15 is 0 Å². The summed E-state index contributed by atoms with van der Waals surface area (Å²) in [4.78, 5) is 28.6. The van der Waals surface area contributed by atoms with Crippen LogP contribution in [0.25, 0.3) is 0 Å². The van der Waals surface area contributed by atoms with Crippen LogP contribution in [0.1, 0.15) is 12.8 Å². The van der Waals surface area contributed by atoms with Crippen LogP contribution in [0.5, 0.6) is 11.5 Å². The van der Waals surface area contributed by atoms with Gasteiger partial charge in [0.25, 0.3) is 0 Å². The maximum atomic E-state index is 12.1. The second-order valence-electron chi connectivity index (χ2n) is 6.39. The maximum Gasteiger partial charge on any atom is 0.303 e. The lowest BCUT2D eigenvalue weighted by Gasteiger charge is -2.25. The number of carbonyl (C=O) groups excluding carboxylic acids is 1. The van der Waals surface area contributed by atoms with E-state index in [0.29, 0.717) is 22.4 Å². The van der Waals surface area contributed by atoms with Crippen molar-refractivity contribution in [2.75, 3.05) is 30.6 Å². The summed E-state index contributed by atoms with van der Waals surface area (Å²) in [5.74, 6) is -0.684. The molecule has 0 bridgehead atoms. The first-order valence-electron chi connectivity index (χ1n) is 8.45. The highest BCUT2D eigenvalue weighted by Crippen LogP contribution is 2.43. The van der Waals surface area contributed by atoms with Crippen molar-refractivity contribution in [3.63, 3.8) is 0 Å². The van der Waals surface area contributed by atoms with Crippen molar-refractivity contribution in [3.8, 4) is 11.5 Å². The minimum absolute atomic E-state index is 0.00839. The molecule has 2 saturated heterocycles. The molecule has 2 heterocycles. The molecule has 28 heavy (non-hydrogen) atoms. The number of sulfone groups is 1. The maximum absolute atomic E-state index is 12.1. The van der Waals surface area contributed by atoms with E-state index < -0.39 is 21.7 Å². The van der Waals surface area contributed by atoms with Crippen molar-refractivity contribution in [1.82, 2.24) is 0 Å². The van der Waals surface area contributed by atoms with Gasteiger partial charge in [-0.3, -0.25) is 9.59 Å². The van der Waals surface area contributed by atoms with Gasteiger partial charge in [0.15, 0.2) is 26.5 Å². The normalized spacial score (nSPS) is 24.2. The Bertz CT molecular complexity index is 929. The van der Waals surface area contributed by atoms with Crippen LogP contribution in [0.3, 0.4) is 0 Å². The molecule has 0 unspecified atom stereocenters. The number of aliphatic imine (C=N–C) groups is 1. The number of anilines is 1. The molecule has 2 atom stereocenters. The molecular weight excluding hydrogens is 408 g/mol. The Balaban J connectivity index is 1.96. The summed E-state index contributed by atoms with van der Waals surface area (Å²) in [6, 6.07) is 4.77. The molecule has 1 amide bonds. The number of ether oxygens (including phenoxy) is 2. The number of thioether (sulfide) groups is 1. The van der Waals surface area contributed by atoms with Gasteiger partial charge >= 0.3 is 5.97 Å². The van der Waals surface area contributed by atoms with Gasteiger partial charge in [0.05, 0.1) is 38.2 Å². The Morgan fingerprint density at radius 3 is 2.57 bits per heavy atom. The molecule has 0 spiro atoms. The number of methoxy groups -OCH3 is 2. The van der Waals surface area contributed by atoms with Crippen LogP contribution < -0.4 is 14.4 Å². The fourth-order valence-electron chi connectivity index (χ4n) is 3.22. The second kappa shape index (κ2) is 8.00. The number of amidine groups is 1. The Hall–Kier alpha value is -2.27. The summed E-state index contributed by atoms with van der Waals surface area (Å²) in [5, 5.41) is 8.86. The highest BCUT2D eigenvalue weighted by Gasteiger charge is 2.49. The molecule has 0 saturated carbocycles. The van der Waals surface area contributed by atoms with E-state index in [4.69, 9.17) is 14.6 Å². The van der Waals surface area contributed by atoms with Crippen molar-refractivity contribution in [2.24, 2.45) is 4.99 Å². The molecule has 11 heteroatoms. The standard InChI is InChI=1S/C17H20N2O7S2/c1-25-12-4-3-10(7-13(12)26-2)19-11-8-28(23,24)9-14(11)27-17(19)18-15(20)5-6-16(21)22/h3-4,7,11,14H,5-6,8-9H2,1-2H3,(H,21,22)/t11-,14-/m0/s1. The zero-order valence-corrected chi connectivity index (χ0v) is 17.0. The third kappa shape index (κ3) is 4.25. The summed E-state index contributed by atoms with van der Waals surface area (Å²) in [5.41, 5.74) is 0.625. The number of amides is 1. The van der Waals surface area contributed by atoms with Crippen LogP contribution in [0.15, 0.2) is 23.2 Å². The number of fused-ring (bicyclic) bond motifs is 1. The zero-order chi connectivity index (χ0) is 20.5. The number of carbonyl (C=O) groups is 2. The first kappa shape index (κ1) is 20.5. The Kier molecular flexibility index (Phi) is 5.84. The van der Waals surface area contributed by atoms with E-state index in [-0.39, 0.29) is 35.6 Å². The molecule has 2 aliphatic heterocycles. The van der Waals surface area contributed by atoms with Crippen LogP contribution in [0, 0.1) is 0 Å². The zero-order valence-electron chi connectivity index (χ0n) is 15.3. The first-order chi connectivity index (χ1) is 13.2. The van der Waals surface area contributed by atoms with Crippen LogP contribution in [0.4, 0.5) is 5.69 Å². The van der Waals surface area contributed by atoms with E-state index in [9.17, 15) is 18.0 Å². The SMILES string of the molecule is COc1ccc(N2C(=NC(=O)CCC(=O)O)S[C@H]3CS(=O)(=O)C[C@@H]32)cc1OC. The van der Waals surface area contributed by atoms with Crippen LogP contribution >= 0.6 is 11.8 Å². The molecule has 3 rings (SSSR count). The van der Waals surface area contributed by atoms with E-state index in [1.807, 2.05) is 0 Å². The smallest absolute Gasteiger partial charge is 0.303 e. The average molecular weight is 428 g/mol. The van der Waals surface area contributed by atoms with E-state index in [2.05, 4.69) is 4.99 Å². The predicted molar refractivity (Wildman–Crippen MR) is 105 cm³/mol. The summed E-state index contributed by atoms with van der Waals surface area (Å²) in [6.07, 6.45) is -0.523. The fraction of sp³-hybridized carbons (Fsp3) is 0.471. The molecule has 2 aliphatic rings. The topological polar surface area (TPSA) is 123 Å². The van der Waals surface area contributed by atoms with Gasteiger partial charge in [-0.2, -0.15) is 4.99 Å². The lowest BCUT2D eigenvalue weighted by Crippen LogP contribution is -2.37. The van der Waals surface area contributed by atoms with Gasteiger partial charge in [-0.05, 0) is 12.1 Å². The Morgan fingerprint density at radius 2 is 1.93 bits per heavy atom. The van der Waals surface area contributed by atoms with Gasteiger partial charge in [0.2, 0.25) is 5.91 Å². The number of rotatable bonds is 6. The number of aliphatic carboxylic acids is 1. The minimum atomic E-state index is -3.18. The lowest BCUT2D eigenvalue weighted by molar-refractivity contribution is -0.138. The number of hydrogen-bond donors (Lipinski definition) is 1. The number of carboxylic acids is 1. The molecule has 1 N–H and O–H groups in total. The van der Waals surface area contributed by atoms with Gasteiger partial charge < -0.3 is 19.5 Å². The van der Waals surface area contributed by atoms with Gasteiger partial charge in [0, 0.05) is 23.4 Å². The Morgan fingerprint density at radius 1 is 1.21 bits per heavy atom. The molecule has 0 aliphatic carbocycles.